The molecule has 196 valence electrons. The SMILES string of the molecule is CCCCCCCCCCCCCC[C@H](O)CO[Si](c1ccccc1)(c1ccccc1)C(C)(C)C. The zero-order valence-electron chi connectivity index (χ0n) is 23.1. The van der Waals surface area contributed by atoms with Gasteiger partial charge in [-0.3, -0.25) is 0 Å². The minimum atomic E-state index is -2.56. The number of rotatable bonds is 18. The molecule has 0 saturated heterocycles. The minimum Gasteiger partial charge on any atom is -0.405 e. The van der Waals surface area contributed by atoms with Gasteiger partial charge in [0.25, 0.3) is 8.32 Å². The van der Waals surface area contributed by atoms with Crippen LogP contribution in [0, 0.1) is 0 Å². The van der Waals surface area contributed by atoms with Crippen LogP contribution < -0.4 is 10.4 Å². The van der Waals surface area contributed by atoms with Crippen LogP contribution in [-0.2, 0) is 4.43 Å². The van der Waals surface area contributed by atoms with Crippen LogP contribution in [0.2, 0.25) is 5.04 Å². The molecule has 0 bridgehead atoms. The Hall–Kier alpha value is -1.42. The van der Waals surface area contributed by atoms with E-state index in [9.17, 15) is 5.11 Å². The van der Waals surface area contributed by atoms with Gasteiger partial charge in [0, 0.05) is 0 Å². The summed E-state index contributed by atoms with van der Waals surface area (Å²) in [5, 5.41) is 13.3. The highest BCUT2D eigenvalue weighted by atomic mass is 28.4. The first-order valence-electron chi connectivity index (χ1n) is 14.3. The Bertz CT molecular complexity index is 730. The lowest BCUT2D eigenvalue weighted by atomic mass is 10.0. The molecular weight excluding hydrogens is 444 g/mol. The van der Waals surface area contributed by atoms with E-state index < -0.39 is 14.4 Å². The lowest BCUT2D eigenvalue weighted by molar-refractivity contribution is 0.0927. The lowest BCUT2D eigenvalue weighted by Gasteiger charge is -2.43. The molecule has 2 nitrogen and oxygen atoms in total. The van der Waals surface area contributed by atoms with Crippen LogP contribution in [0.3, 0.4) is 0 Å². The summed E-state index contributed by atoms with van der Waals surface area (Å²) in [5.41, 5.74) is 0. The highest BCUT2D eigenvalue weighted by Gasteiger charge is 2.50. The quantitative estimate of drug-likeness (QED) is 0.167. The van der Waals surface area contributed by atoms with Crippen molar-refractivity contribution in [2.24, 2.45) is 0 Å². The summed E-state index contributed by atoms with van der Waals surface area (Å²) in [7, 11) is -2.56. The van der Waals surface area contributed by atoms with E-state index in [1.54, 1.807) is 0 Å². The van der Waals surface area contributed by atoms with Gasteiger partial charge in [-0.15, -0.1) is 0 Å². The molecule has 2 aromatic rings. The maximum Gasteiger partial charge on any atom is 0.261 e. The number of benzene rings is 2. The van der Waals surface area contributed by atoms with Crippen LogP contribution in [0.25, 0.3) is 0 Å². The van der Waals surface area contributed by atoms with Crippen molar-refractivity contribution in [2.75, 3.05) is 6.61 Å². The zero-order valence-corrected chi connectivity index (χ0v) is 24.1. The Balaban J connectivity index is 1.79. The van der Waals surface area contributed by atoms with Crippen molar-refractivity contribution in [2.45, 2.75) is 122 Å². The zero-order chi connectivity index (χ0) is 25.4. The molecule has 0 radical (unpaired) electrons. The standard InChI is InChI=1S/C32H52O2Si/c1-5-6-7-8-9-10-11-12-13-14-15-18-23-29(33)28-34-35(32(2,3)4,30-24-19-16-20-25-30)31-26-21-17-22-27-31/h16-17,19-22,24-27,29,33H,5-15,18,23,28H2,1-4H3/t29-/m0/s1. The van der Waals surface area contributed by atoms with Crippen molar-refractivity contribution in [3.05, 3.63) is 60.7 Å². The van der Waals surface area contributed by atoms with Crippen molar-refractivity contribution in [1.82, 2.24) is 0 Å². The van der Waals surface area contributed by atoms with Crippen molar-refractivity contribution >= 4 is 18.7 Å². The molecule has 0 unspecified atom stereocenters. The van der Waals surface area contributed by atoms with Gasteiger partial charge in [0.2, 0.25) is 0 Å². The van der Waals surface area contributed by atoms with Crippen molar-refractivity contribution in [3.63, 3.8) is 0 Å². The third-order valence-corrected chi connectivity index (χ3v) is 12.3. The number of unbranched alkanes of at least 4 members (excludes halogenated alkanes) is 11. The van der Waals surface area contributed by atoms with E-state index in [-0.39, 0.29) is 5.04 Å². The molecule has 3 heteroatoms. The third kappa shape index (κ3) is 9.86. The molecule has 1 atom stereocenters. The number of aliphatic hydroxyl groups excluding tert-OH is 1. The van der Waals surface area contributed by atoms with E-state index in [0.717, 1.165) is 12.8 Å². The van der Waals surface area contributed by atoms with E-state index in [1.165, 1.54) is 81.0 Å². The normalized spacial score (nSPS) is 13.2. The molecule has 1 N–H and O–H groups in total. The Morgan fingerprint density at radius 3 is 1.46 bits per heavy atom. The van der Waals surface area contributed by atoms with Gasteiger partial charge in [-0.25, -0.2) is 0 Å². The van der Waals surface area contributed by atoms with Gasteiger partial charge in [-0.1, -0.05) is 165 Å². The van der Waals surface area contributed by atoms with E-state index in [2.05, 4.69) is 88.4 Å². The fourth-order valence-corrected chi connectivity index (χ4v) is 9.88. The van der Waals surface area contributed by atoms with Crippen LogP contribution in [0.15, 0.2) is 60.7 Å². The predicted molar refractivity (Wildman–Crippen MR) is 155 cm³/mol. The second-order valence-electron chi connectivity index (χ2n) is 11.3. The summed E-state index contributed by atoms with van der Waals surface area (Å²) in [6.07, 6.45) is 16.5. The predicted octanol–water partition coefficient (Wildman–Crippen LogP) is 8.02. The molecular formula is C32H52O2Si. The van der Waals surface area contributed by atoms with Crippen LogP contribution in [0.1, 0.15) is 111 Å². The molecule has 0 aliphatic carbocycles. The first-order valence-corrected chi connectivity index (χ1v) is 16.3. The van der Waals surface area contributed by atoms with Gasteiger partial charge in [0.1, 0.15) is 0 Å². The van der Waals surface area contributed by atoms with E-state index in [4.69, 9.17) is 4.43 Å². The molecule has 0 saturated carbocycles. The van der Waals surface area contributed by atoms with Gasteiger partial charge in [-0.2, -0.15) is 0 Å². The molecule has 0 amide bonds. The largest absolute Gasteiger partial charge is 0.405 e. The molecule has 0 fully saturated rings. The topological polar surface area (TPSA) is 29.5 Å². The average Bonchev–Trinajstić information content (AvgIpc) is 2.85. The summed E-state index contributed by atoms with van der Waals surface area (Å²) in [4.78, 5) is 0. The molecule has 0 aromatic heterocycles. The highest BCUT2D eigenvalue weighted by Crippen LogP contribution is 2.36. The van der Waals surface area contributed by atoms with Crippen molar-refractivity contribution in [1.29, 1.82) is 0 Å². The summed E-state index contributed by atoms with van der Waals surface area (Å²) < 4.78 is 6.87. The molecule has 0 aliphatic heterocycles. The smallest absolute Gasteiger partial charge is 0.261 e. The second-order valence-corrected chi connectivity index (χ2v) is 15.6. The molecule has 2 rings (SSSR count). The van der Waals surface area contributed by atoms with Crippen molar-refractivity contribution < 1.29 is 9.53 Å². The first kappa shape index (κ1) is 29.8. The summed E-state index contributed by atoms with van der Waals surface area (Å²) >= 11 is 0. The highest BCUT2D eigenvalue weighted by molar-refractivity contribution is 6.99. The van der Waals surface area contributed by atoms with Gasteiger partial charge >= 0.3 is 0 Å². The summed E-state index contributed by atoms with van der Waals surface area (Å²) in [6, 6.07) is 21.4. The molecule has 35 heavy (non-hydrogen) atoms. The molecule has 0 aliphatic rings. The van der Waals surface area contributed by atoms with Crippen LogP contribution in [0.4, 0.5) is 0 Å². The van der Waals surface area contributed by atoms with E-state index in [0.29, 0.717) is 6.61 Å². The van der Waals surface area contributed by atoms with Crippen LogP contribution >= 0.6 is 0 Å². The van der Waals surface area contributed by atoms with Gasteiger partial charge in [0.15, 0.2) is 0 Å². The van der Waals surface area contributed by atoms with E-state index in [1.807, 2.05) is 0 Å². The van der Waals surface area contributed by atoms with E-state index >= 15 is 0 Å². The Morgan fingerprint density at radius 2 is 1.06 bits per heavy atom. The fourth-order valence-electron chi connectivity index (χ4n) is 5.29. The maximum atomic E-state index is 10.8. The molecule has 2 aromatic carbocycles. The Morgan fingerprint density at radius 1 is 0.657 bits per heavy atom. The summed E-state index contributed by atoms with van der Waals surface area (Å²) in [6.45, 7) is 9.55. The second kappa shape index (κ2) is 16.3. The minimum absolute atomic E-state index is 0.0502. The number of hydrogen-bond acceptors (Lipinski definition) is 2. The fraction of sp³-hybridized carbons (Fsp3) is 0.625. The number of aliphatic hydroxyl groups is 1. The van der Waals surface area contributed by atoms with Crippen LogP contribution in [0.5, 0.6) is 0 Å². The first-order chi connectivity index (χ1) is 16.9. The van der Waals surface area contributed by atoms with Gasteiger partial charge < -0.3 is 9.53 Å². The maximum absolute atomic E-state index is 10.8. The van der Waals surface area contributed by atoms with Gasteiger partial charge in [-0.05, 0) is 21.8 Å². The lowest BCUT2D eigenvalue weighted by Crippen LogP contribution is -2.67. The summed E-state index contributed by atoms with van der Waals surface area (Å²) in [5.74, 6) is 0. The van der Waals surface area contributed by atoms with Gasteiger partial charge in [0.05, 0.1) is 12.7 Å². The Labute approximate surface area is 217 Å². The third-order valence-electron chi connectivity index (χ3n) is 7.30. The Kier molecular flexibility index (Phi) is 13.9. The monoisotopic (exact) mass is 496 g/mol. The number of hydrogen-bond donors (Lipinski definition) is 1. The molecule has 0 heterocycles. The average molecular weight is 497 g/mol. The molecule has 0 spiro atoms. The van der Waals surface area contributed by atoms with Crippen molar-refractivity contribution in [3.8, 4) is 0 Å². The van der Waals surface area contributed by atoms with Crippen LogP contribution in [-0.4, -0.2) is 26.1 Å².